The Morgan fingerprint density at radius 3 is 2.55 bits per heavy atom. The van der Waals surface area contributed by atoms with Crippen LogP contribution in [-0.2, 0) is 9.53 Å². The van der Waals surface area contributed by atoms with Crippen LogP contribution in [0.1, 0.15) is 28.6 Å². The summed E-state index contributed by atoms with van der Waals surface area (Å²) in [6.45, 7) is 0. The molecule has 5 nitrogen and oxygen atoms in total. The van der Waals surface area contributed by atoms with Crippen LogP contribution < -0.4 is 5.32 Å². The van der Waals surface area contributed by atoms with E-state index in [1.165, 1.54) is 13.4 Å². The van der Waals surface area contributed by atoms with E-state index in [0.717, 1.165) is 10.5 Å². The molecule has 0 aliphatic carbocycles. The summed E-state index contributed by atoms with van der Waals surface area (Å²) >= 11 is 1.63. The Balaban J connectivity index is 2.17. The third kappa shape index (κ3) is 4.14. The Labute approximate surface area is 133 Å². The van der Waals surface area contributed by atoms with Gasteiger partial charge in [-0.25, -0.2) is 0 Å². The Kier molecular flexibility index (Phi) is 5.66. The average Bonchev–Trinajstić information content (AvgIpc) is 3.08. The topological polar surface area (TPSA) is 68.5 Å². The number of rotatable bonds is 6. The lowest BCUT2D eigenvalue weighted by Gasteiger charge is -2.18. The number of hydrogen-bond donors (Lipinski definition) is 1. The van der Waals surface area contributed by atoms with E-state index < -0.39 is 12.0 Å². The van der Waals surface area contributed by atoms with Crippen LogP contribution in [0.25, 0.3) is 0 Å². The minimum Gasteiger partial charge on any atom is -0.469 e. The summed E-state index contributed by atoms with van der Waals surface area (Å²) in [5.41, 5.74) is 0.836. The molecule has 1 aromatic heterocycles. The summed E-state index contributed by atoms with van der Waals surface area (Å²) < 4.78 is 9.77. The van der Waals surface area contributed by atoms with Crippen LogP contribution in [-0.4, -0.2) is 25.2 Å². The molecule has 1 atom stereocenters. The zero-order valence-electron chi connectivity index (χ0n) is 12.4. The van der Waals surface area contributed by atoms with Crippen LogP contribution in [0.4, 0.5) is 0 Å². The standard InChI is InChI=1S/C16H17NO4S/c1-20-15(18)10-13(11-5-7-12(22-2)8-6-11)17-16(19)14-4-3-9-21-14/h3-9,13H,10H2,1-2H3,(H,17,19)/t13-/m1/s1. The van der Waals surface area contributed by atoms with E-state index in [9.17, 15) is 9.59 Å². The predicted octanol–water partition coefficient (Wildman–Crippen LogP) is 3.04. The summed E-state index contributed by atoms with van der Waals surface area (Å²) in [6.07, 6.45) is 3.47. The SMILES string of the molecule is COC(=O)C[C@@H](NC(=O)c1ccco1)c1ccc(SC)cc1. The number of hydrogen-bond acceptors (Lipinski definition) is 5. The lowest BCUT2D eigenvalue weighted by molar-refractivity contribution is -0.141. The molecule has 0 aliphatic rings. The first-order valence-corrected chi connectivity index (χ1v) is 7.91. The fraction of sp³-hybridized carbons (Fsp3) is 0.250. The second-order valence-electron chi connectivity index (χ2n) is 4.56. The van der Waals surface area contributed by atoms with Crippen molar-refractivity contribution in [2.75, 3.05) is 13.4 Å². The molecule has 116 valence electrons. The number of carbonyl (C=O) groups excluding carboxylic acids is 2. The molecule has 6 heteroatoms. The Hall–Kier alpha value is -2.21. The number of carbonyl (C=O) groups is 2. The van der Waals surface area contributed by atoms with Crippen molar-refractivity contribution < 1.29 is 18.7 Å². The van der Waals surface area contributed by atoms with Crippen molar-refractivity contribution in [1.29, 1.82) is 0 Å². The van der Waals surface area contributed by atoms with Gasteiger partial charge in [0.25, 0.3) is 5.91 Å². The highest BCUT2D eigenvalue weighted by Crippen LogP contribution is 2.22. The number of nitrogens with one attached hydrogen (secondary N) is 1. The van der Waals surface area contributed by atoms with Crippen LogP contribution in [0, 0.1) is 0 Å². The fourth-order valence-corrected chi connectivity index (χ4v) is 2.38. The van der Waals surface area contributed by atoms with E-state index in [1.807, 2.05) is 30.5 Å². The monoisotopic (exact) mass is 319 g/mol. The summed E-state index contributed by atoms with van der Waals surface area (Å²) in [4.78, 5) is 24.8. The number of furan rings is 1. The molecule has 1 N–H and O–H groups in total. The first-order valence-electron chi connectivity index (χ1n) is 6.69. The van der Waals surface area contributed by atoms with Gasteiger partial charge in [0, 0.05) is 4.90 Å². The van der Waals surface area contributed by atoms with E-state index in [-0.39, 0.29) is 18.1 Å². The van der Waals surface area contributed by atoms with Gasteiger partial charge in [0.1, 0.15) is 0 Å². The van der Waals surface area contributed by atoms with Gasteiger partial charge in [0.05, 0.1) is 25.8 Å². The molecule has 2 rings (SSSR count). The van der Waals surface area contributed by atoms with Crippen LogP contribution >= 0.6 is 11.8 Å². The minimum absolute atomic E-state index is 0.0571. The van der Waals surface area contributed by atoms with Crippen LogP contribution in [0.3, 0.4) is 0 Å². The molecule has 0 aliphatic heterocycles. The van der Waals surface area contributed by atoms with Gasteiger partial charge in [0.2, 0.25) is 0 Å². The van der Waals surface area contributed by atoms with E-state index >= 15 is 0 Å². The molecular formula is C16H17NO4S. The van der Waals surface area contributed by atoms with Crippen molar-refractivity contribution >= 4 is 23.6 Å². The first kappa shape index (κ1) is 16.2. The molecule has 0 unspecified atom stereocenters. The number of ether oxygens (including phenoxy) is 1. The normalized spacial score (nSPS) is 11.7. The summed E-state index contributed by atoms with van der Waals surface area (Å²) in [6, 6.07) is 10.4. The number of amides is 1. The number of methoxy groups -OCH3 is 1. The Morgan fingerprint density at radius 1 is 1.27 bits per heavy atom. The van der Waals surface area contributed by atoms with Crippen LogP contribution in [0.15, 0.2) is 52.0 Å². The van der Waals surface area contributed by atoms with Crippen LogP contribution in [0.5, 0.6) is 0 Å². The third-order valence-corrected chi connectivity index (χ3v) is 3.91. The van der Waals surface area contributed by atoms with Gasteiger partial charge in [-0.05, 0) is 36.1 Å². The van der Waals surface area contributed by atoms with E-state index in [2.05, 4.69) is 5.32 Å². The highest BCUT2D eigenvalue weighted by atomic mass is 32.2. The molecule has 0 radical (unpaired) electrons. The average molecular weight is 319 g/mol. The molecule has 0 fully saturated rings. The largest absolute Gasteiger partial charge is 0.469 e. The predicted molar refractivity (Wildman–Crippen MR) is 83.8 cm³/mol. The molecule has 22 heavy (non-hydrogen) atoms. The van der Waals surface area contributed by atoms with Gasteiger partial charge in [-0.1, -0.05) is 12.1 Å². The van der Waals surface area contributed by atoms with Gasteiger partial charge < -0.3 is 14.5 Å². The van der Waals surface area contributed by atoms with E-state index in [4.69, 9.17) is 9.15 Å². The maximum atomic E-state index is 12.1. The van der Waals surface area contributed by atoms with Crippen molar-refractivity contribution in [2.45, 2.75) is 17.4 Å². The molecule has 0 saturated heterocycles. The quantitative estimate of drug-likeness (QED) is 0.655. The summed E-state index contributed by atoms with van der Waals surface area (Å²) in [5.74, 6) is -0.554. The molecule has 0 saturated carbocycles. The molecule has 1 amide bonds. The minimum atomic E-state index is -0.471. The van der Waals surface area contributed by atoms with Crippen molar-refractivity contribution in [2.24, 2.45) is 0 Å². The zero-order valence-corrected chi connectivity index (χ0v) is 13.2. The summed E-state index contributed by atoms with van der Waals surface area (Å²) in [7, 11) is 1.32. The molecule has 0 spiro atoms. The van der Waals surface area contributed by atoms with Gasteiger partial charge in [0.15, 0.2) is 5.76 Å². The van der Waals surface area contributed by atoms with E-state index in [1.54, 1.807) is 23.9 Å². The van der Waals surface area contributed by atoms with Crippen molar-refractivity contribution in [3.05, 3.63) is 54.0 Å². The Bertz CT molecular complexity index is 622. The maximum Gasteiger partial charge on any atom is 0.307 e. The van der Waals surface area contributed by atoms with Crippen molar-refractivity contribution in [3.63, 3.8) is 0 Å². The third-order valence-electron chi connectivity index (χ3n) is 3.17. The van der Waals surface area contributed by atoms with E-state index in [0.29, 0.717) is 0 Å². The lowest BCUT2D eigenvalue weighted by Crippen LogP contribution is -2.30. The molecule has 2 aromatic rings. The van der Waals surface area contributed by atoms with Gasteiger partial charge >= 0.3 is 5.97 Å². The molecule has 0 bridgehead atoms. The highest BCUT2D eigenvalue weighted by molar-refractivity contribution is 7.98. The molecule has 1 heterocycles. The molecular weight excluding hydrogens is 302 g/mol. The number of benzene rings is 1. The smallest absolute Gasteiger partial charge is 0.307 e. The number of esters is 1. The number of thioether (sulfide) groups is 1. The van der Waals surface area contributed by atoms with Gasteiger partial charge in [-0.3, -0.25) is 9.59 Å². The van der Waals surface area contributed by atoms with Gasteiger partial charge in [-0.2, -0.15) is 0 Å². The van der Waals surface area contributed by atoms with Gasteiger partial charge in [-0.15, -0.1) is 11.8 Å². The van der Waals surface area contributed by atoms with Crippen molar-refractivity contribution in [1.82, 2.24) is 5.32 Å². The second kappa shape index (κ2) is 7.70. The first-order chi connectivity index (χ1) is 10.6. The van der Waals surface area contributed by atoms with Crippen LogP contribution in [0.2, 0.25) is 0 Å². The lowest BCUT2D eigenvalue weighted by atomic mass is 10.0. The zero-order chi connectivity index (χ0) is 15.9. The summed E-state index contributed by atoms with van der Waals surface area (Å²) in [5, 5.41) is 2.80. The maximum absolute atomic E-state index is 12.1. The van der Waals surface area contributed by atoms with Crippen molar-refractivity contribution in [3.8, 4) is 0 Å². The fourth-order valence-electron chi connectivity index (χ4n) is 1.98. The molecule has 1 aromatic carbocycles. The highest BCUT2D eigenvalue weighted by Gasteiger charge is 2.20. The second-order valence-corrected chi connectivity index (χ2v) is 5.44. The Morgan fingerprint density at radius 2 is 2.00 bits per heavy atom.